The monoisotopic (exact) mass is 324 g/mol. The molecule has 0 N–H and O–H groups in total. The van der Waals surface area contributed by atoms with Crippen LogP contribution in [0, 0.1) is 5.21 Å². The fourth-order valence-electron chi connectivity index (χ4n) is 1.72. The molecule has 0 radical (unpaired) electrons. The van der Waals surface area contributed by atoms with Crippen molar-refractivity contribution in [3.8, 4) is 5.75 Å². The van der Waals surface area contributed by atoms with Gasteiger partial charge in [-0.1, -0.05) is 23.2 Å². The van der Waals surface area contributed by atoms with Crippen molar-refractivity contribution in [2.75, 3.05) is 0 Å². The van der Waals surface area contributed by atoms with Gasteiger partial charge in [0.1, 0.15) is 5.75 Å². The average Bonchev–Trinajstić information content (AvgIpc) is 2.83. The minimum absolute atomic E-state index is 0.185. The Bertz CT molecular complexity index is 847. The predicted molar refractivity (Wildman–Crippen MR) is 74.4 cm³/mol. The van der Waals surface area contributed by atoms with Crippen LogP contribution in [0.1, 0.15) is 10.4 Å². The lowest BCUT2D eigenvalue weighted by Crippen LogP contribution is -2.22. The van der Waals surface area contributed by atoms with E-state index >= 15 is 0 Å². The van der Waals surface area contributed by atoms with Crippen molar-refractivity contribution in [2.45, 2.75) is 0 Å². The number of ether oxygens (including phenoxy) is 1. The molecule has 0 fully saturated rings. The van der Waals surface area contributed by atoms with E-state index in [1.54, 1.807) is 6.07 Å². The van der Waals surface area contributed by atoms with Crippen molar-refractivity contribution in [2.24, 2.45) is 0 Å². The second-order valence-electron chi connectivity index (χ2n) is 4.10. The van der Waals surface area contributed by atoms with Crippen molar-refractivity contribution in [3.63, 3.8) is 0 Å². The number of hydrogen-bond acceptors (Lipinski definition) is 5. The summed E-state index contributed by atoms with van der Waals surface area (Å²) in [6.45, 7) is 0. The van der Waals surface area contributed by atoms with Crippen LogP contribution in [0.4, 0.5) is 0 Å². The molecule has 0 bridgehead atoms. The van der Waals surface area contributed by atoms with Gasteiger partial charge in [0.05, 0.1) is 10.6 Å². The molecule has 0 aliphatic rings. The molecule has 0 atom stereocenters. The van der Waals surface area contributed by atoms with Gasteiger partial charge < -0.3 is 9.94 Å². The standard InChI is InChI=1S/C13H6Cl2N2O4/c14-8-2-4-12(9(15)6-8)20-13(18)7-1-3-11-10(5-7)16-21-17(11)19/h1-6H. The molecule has 1 aromatic heterocycles. The molecule has 2 aromatic carbocycles. The number of hydrogen-bond donors (Lipinski definition) is 0. The Kier molecular flexibility index (Phi) is 3.40. The van der Waals surface area contributed by atoms with Gasteiger partial charge in [-0.05, 0) is 35.2 Å². The quantitative estimate of drug-likeness (QED) is 0.411. The Labute approximate surface area is 128 Å². The van der Waals surface area contributed by atoms with E-state index in [1.807, 2.05) is 0 Å². The molecule has 1 heterocycles. The summed E-state index contributed by atoms with van der Waals surface area (Å²) < 4.78 is 9.59. The maximum absolute atomic E-state index is 12.0. The third-order valence-electron chi connectivity index (χ3n) is 2.72. The van der Waals surface area contributed by atoms with Crippen molar-refractivity contribution in [1.29, 1.82) is 0 Å². The SMILES string of the molecule is O=C(Oc1ccc(Cl)cc1Cl)c1ccc2c(c1)no[n+]2[O-]. The highest BCUT2D eigenvalue weighted by Crippen LogP contribution is 2.28. The van der Waals surface area contributed by atoms with Crippen molar-refractivity contribution in [3.05, 3.63) is 57.2 Å². The Balaban J connectivity index is 1.89. The molecular formula is C13H6Cl2N2O4. The van der Waals surface area contributed by atoms with Crippen LogP contribution in [0.3, 0.4) is 0 Å². The highest BCUT2D eigenvalue weighted by Gasteiger charge is 2.16. The number of carbonyl (C=O) groups excluding carboxylic acids is 1. The van der Waals surface area contributed by atoms with Crippen molar-refractivity contribution < 1.29 is 19.1 Å². The van der Waals surface area contributed by atoms with Gasteiger partial charge in [0.25, 0.3) is 0 Å². The molecule has 3 aromatic rings. The van der Waals surface area contributed by atoms with E-state index < -0.39 is 5.97 Å². The molecule has 0 aliphatic heterocycles. The van der Waals surface area contributed by atoms with Crippen LogP contribution in [0.15, 0.2) is 41.0 Å². The smallest absolute Gasteiger partial charge is 0.343 e. The first kappa shape index (κ1) is 13.7. The molecule has 8 heteroatoms. The zero-order valence-corrected chi connectivity index (χ0v) is 11.8. The maximum Gasteiger partial charge on any atom is 0.343 e. The summed E-state index contributed by atoms with van der Waals surface area (Å²) in [6, 6.07) is 8.74. The van der Waals surface area contributed by atoms with Gasteiger partial charge in [-0.3, -0.25) is 4.63 Å². The van der Waals surface area contributed by atoms with Crippen LogP contribution in [0.5, 0.6) is 5.75 Å². The number of fused-ring (bicyclic) bond motifs is 1. The minimum Gasteiger partial charge on any atom is -0.421 e. The van der Waals surface area contributed by atoms with E-state index in [1.165, 1.54) is 30.3 Å². The fraction of sp³-hybridized carbons (Fsp3) is 0. The van der Waals surface area contributed by atoms with E-state index in [2.05, 4.69) is 9.79 Å². The first-order chi connectivity index (χ1) is 10.0. The number of rotatable bonds is 2. The first-order valence-corrected chi connectivity index (χ1v) is 6.47. The van der Waals surface area contributed by atoms with Crippen LogP contribution in [0.25, 0.3) is 11.0 Å². The van der Waals surface area contributed by atoms with Gasteiger partial charge in [0.2, 0.25) is 11.0 Å². The Hall–Kier alpha value is -2.31. The number of esters is 1. The normalized spacial score (nSPS) is 10.8. The van der Waals surface area contributed by atoms with Gasteiger partial charge in [-0.25, -0.2) is 4.79 Å². The summed E-state index contributed by atoms with van der Waals surface area (Å²) in [5.41, 5.74) is 0.681. The second-order valence-corrected chi connectivity index (χ2v) is 4.94. The van der Waals surface area contributed by atoms with E-state index in [0.29, 0.717) is 5.02 Å². The summed E-state index contributed by atoms with van der Waals surface area (Å²) in [7, 11) is 0. The zero-order chi connectivity index (χ0) is 15.0. The second kappa shape index (κ2) is 5.23. The van der Waals surface area contributed by atoms with Gasteiger partial charge in [0, 0.05) is 16.2 Å². The van der Waals surface area contributed by atoms with Crippen LogP contribution >= 0.6 is 23.2 Å². The minimum atomic E-state index is -0.637. The zero-order valence-electron chi connectivity index (χ0n) is 10.2. The third-order valence-corrected chi connectivity index (χ3v) is 3.25. The lowest BCUT2D eigenvalue weighted by molar-refractivity contribution is -0.782. The van der Waals surface area contributed by atoms with Crippen molar-refractivity contribution in [1.82, 2.24) is 5.16 Å². The fourth-order valence-corrected chi connectivity index (χ4v) is 2.17. The molecular weight excluding hydrogens is 319 g/mol. The molecule has 0 aliphatic carbocycles. The average molecular weight is 325 g/mol. The van der Waals surface area contributed by atoms with E-state index in [-0.39, 0.29) is 32.3 Å². The molecule has 0 saturated heterocycles. The van der Waals surface area contributed by atoms with E-state index in [9.17, 15) is 10.0 Å². The molecule has 0 unspecified atom stereocenters. The summed E-state index contributed by atoms with van der Waals surface area (Å²) in [4.78, 5) is 12.3. The number of carbonyl (C=O) groups is 1. The highest BCUT2D eigenvalue weighted by atomic mass is 35.5. The first-order valence-electron chi connectivity index (χ1n) is 5.71. The topological polar surface area (TPSA) is 79.3 Å². The largest absolute Gasteiger partial charge is 0.421 e. The summed E-state index contributed by atoms with van der Waals surface area (Å²) >= 11 is 11.7. The number of halogens is 2. The molecule has 21 heavy (non-hydrogen) atoms. The molecule has 0 amide bonds. The molecule has 0 saturated carbocycles. The molecule has 106 valence electrons. The number of aromatic nitrogens is 2. The maximum atomic E-state index is 12.0. The van der Waals surface area contributed by atoms with Gasteiger partial charge in [-0.2, -0.15) is 0 Å². The summed E-state index contributed by atoms with van der Waals surface area (Å²) in [5.74, 6) is -0.452. The van der Waals surface area contributed by atoms with Gasteiger partial charge in [-0.15, -0.1) is 0 Å². The Morgan fingerprint density at radius 1 is 1.24 bits per heavy atom. The van der Waals surface area contributed by atoms with Gasteiger partial charge >= 0.3 is 5.97 Å². The van der Waals surface area contributed by atoms with E-state index in [4.69, 9.17) is 27.9 Å². The van der Waals surface area contributed by atoms with E-state index in [0.717, 1.165) is 0 Å². The number of nitrogens with zero attached hydrogens (tertiary/aromatic N) is 2. The lowest BCUT2D eigenvalue weighted by Gasteiger charge is -2.06. The van der Waals surface area contributed by atoms with Crippen LogP contribution in [0.2, 0.25) is 10.0 Å². The molecule has 6 nitrogen and oxygen atoms in total. The van der Waals surface area contributed by atoms with Crippen LogP contribution in [-0.2, 0) is 0 Å². The van der Waals surface area contributed by atoms with Crippen LogP contribution < -0.4 is 9.64 Å². The Morgan fingerprint density at radius 2 is 2.05 bits per heavy atom. The van der Waals surface area contributed by atoms with Gasteiger partial charge in [0.15, 0.2) is 0 Å². The molecule has 3 rings (SSSR count). The highest BCUT2D eigenvalue weighted by molar-refractivity contribution is 6.35. The van der Waals surface area contributed by atoms with Crippen molar-refractivity contribution >= 4 is 40.2 Å². The van der Waals surface area contributed by atoms with Crippen LogP contribution in [-0.4, -0.2) is 11.1 Å². The Morgan fingerprint density at radius 3 is 2.81 bits per heavy atom. The predicted octanol–water partition coefficient (Wildman–Crippen LogP) is 2.99. The number of benzene rings is 2. The summed E-state index contributed by atoms with van der Waals surface area (Å²) in [5, 5.41) is 15.3. The molecule has 0 spiro atoms. The summed E-state index contributed by atoms with van der Waals surface area (Å²) in [6.07, 6.45) is 0. The third kappa shape index (κ3) is 2.63. The lowest BCUT2D eigenvalue weighted by atomic mass is 10.2.